The summed E-state index contributed by atoms with van der Waals surface area (Å²) in [6.45, 7) is 3.63. The van der Waals surface area contributed by atoms with E-state index in [-0.39, 0.29) is 0 Å². The minimum atomic E-state index is -0.815. The van der Waals surface area contributed by atoms with Crippen LogP contribution in [0.5, 0.6) is 0 Å². The Morgan fingerprint density at radius 2 is 2.36 bits per heavy atom. The Hall–Kier alpha value is -1.03. The van der Waals surface area contributed by atoms with E-state index < -0.39 is 11.9 Å². The first-order valence-corrected chi connectivity index (χ1v) is 4.88. The number of rotatable bonds is 4. The molecule has 1 rings (SSSR count). The summed E-state index contributed by atoms with van der Waals surface area (Å²) in [5.74, 6) is -1.25. The minimum Gasteiger partial charge on any atom is -0.481 e. The molecule has 1 aromatic heterocycles. The van der Waals surface area contributed by atoms with Gasteiger partial charge in [-0.15, -0.1) is 0 Å². The van der Waals surface area contributed by atoms with Gasteiger partial charge in [-0.05, 0) is 12.8 Å². The summed E-state index contributed by atoms with van der Waals surface area (Å²) in [7, 11) is 0. The maximum absolute atomic E-state index is 10.7. The Kier molecular flexibility index (Phi) is 3.52. The number of carbonyl (C=O) groups is 1. The van der Waals surface area contributed by atoms with E-state index in [9.17, 15) is 4.79 Å². The monoisotopic (exact) mass is 216 g/mol. The summed E-state index contributed by atoms with van der Waals surface area (Å²) in [5.41, 5.74) is 1.74. The van der Waals surface area contributed by atoms with Crippen LogP contribution in [0, 0.1) is 5.92 Å². The molecule has 78 valence electrons. The average molecular weight is 217 g/mol. The quantitative estimate of drug-likeness (QED) is 0.808. The molecule has 1 aromatic rings. The molecule has 0 aliphatic carbocycles. The van der Waals surface area contributed by atoms with Gasteiger partial charge in [0.1, 0.15) is 0 Å². The predicted octanol–water partition coefficient (Wildman–Crippen LogP) is 1.89. The Balaban J connectivity index is 2.84. The lowest BCUT2D eigenvalue weighted by molar-refractivity contribution is -0.141. The largest absolute Gasteiger partial charge is 0.481 e. The van der Waals surface area contributed by atoms with Gasteiger partial charge in [0.15, 0.2) is 5.15 Å². The van der Waals surface area contributed by atoms with Crippen LogP contribution < -0.4 is 0 Å². The van der Waals surface area contributed by atoms with E-state index in [1.165, 1.54) is 0 Å². The zero-order valence-electron chi connectivity index (χ0n) is 8.17. The molecule has 0 fully saturated rings. The highest BCUT2D eigenvalue weighted by Gasteiger charge is 2.17. The van der Waals surface area contributed by atoms with Crippen LogP contribution in [0.25, 0.3) is 0 Å². The molecule has 2 N–H and O–H groups in total. The highest BCUT2D eigenvalue weighted by Crippen LogP contribution is 2.20. The van der Waals surface area contributed by atoms with Gasteiger partial charge in [-0.3, -0.25) is 9.89 Å². The zero-order valence-corrected chi connectivity index (χ0v) is 8.93. The molecule has 0 bridgehead atoms. The second-order valence-corrected chi connectivity index (χ2v) is 3.63. The number of carboxylic acids is 1. The van der Waals surface area contributed by atoms with Gasteiger partial charge >= 0.3 is 5.97 Å². The van der Waals surface area contributed by atoms with Crippen molar-refractivity contribution in [2.24, 2.45) is 5.92 Å². The standard InChI is InChI=1S/C9H13ClN2O2/c1-3-7-6(8(10)12-11-7)4-5(2)9(13)14/h5H,3-4H2,1-2H3,(H,11,12)(H,13,14). The fourth-order valence-electron chi connectivity index (χ4n) is 1.27. The predicted molar refractivity (Wildman–Crippen MR) is 53.5 cm³/mol. The number of hydrogen-bond donors (Lipinski definition) is 2. The van der Waals surface area contributed by atoms with Crippen LogP contribution in [0.4, 0.5) is 0 Å². The number of aromatic amines is 1. The van der Waals surface area contributed by atoms with Crippen molar-refractivity contribution >= 4 is 17.6 Å². The summed E-state index contributed by atoms with van der Waals surface area (Å²) < 4.78 is 0. The third-order valence-corrected chi connectivity index (χ3v) is 2.50. The van der Waals surface area contributed by atoms with Gasteiger partial charge < -0.3 is 5.11 Å². The van der Waals surface area contributed by atoms with Gasteiger partial charge in [-0.2, -0.15) is 5.10 Å². The Bertz CT molecular complexity index is 336. The number of H-pyrrole nitrogens is 1. The van der Waals surface area contributed by atoms with Crippen molar-refractivity contribution in [2.45, 2.75) is 26.7 Å². The molecule has 0 amide bonds. The first-order chi connectivity index (χ1) is 6.56. The number of aromatic nitrogens is 2. The lowest BCUT2D eigenvalue weighted by Crippen LogP contribution is -2.13. The highest BCUT2D eigenvalue weighted by atomic mass is 35.5. The summed E-state index contributed by atoms with van der Waals surface area (Å²) in [6.07, 6.45) is 1.20. The molecular weight excluding hydrogens is 204 g/mol. The summed E-state index contributed by atoms with van der Waals surface area (Å²) in [6, 6.07) is 0. The van der Waals surface area contributed by atoms with Crippen LogP contribution in [0.1, 0.15) is 25.1 Å². The molecular formula is C9H13ClN2O2. The topological polar surface area (TPSA) is 66.0 Å². The summed E-state index contributed by atoms with van der Waals surface area (Å²) in [4.78, 5) is 10.7. The van der Waals surface area contributed by atoms with Crippen molar-refractivity contribution in [3.63, 3.8) is 0 Å². The molecule has 0 aromatic carbocycles. The van der Waals surface area contributed by atoms with Crippen molar-refractivity contribution in [2.75, 3.05) is 0 Å². The number of aryl methyl sites for hydroxylation is 1. The Morgan fingerprint density at radius 3 is 2.86 bits per heavy atom. The second kappa shape index (κ2) is 4.46. The van der Waals surface area contributed by atoms with Crippen LogP contribution in [-0.4, -0.2) is 21.3 Å². The van der Waals surface area contributed by atoms with Gasteiger partial charge in [-0.25, -0.2) is 0 Å². The van der Waals surface area contributed by atoms with Crippen molar-refractivity contribution in [3.8, 4) is 0 Å². The van der Waals surface area contributed by atoms with Crippen molar-refractivity contribution in [1.82, 2.24) is 10.2 Å². The zero-order chi connectivity index (χ0) is 10.7. The van der Waals surface area contributed by atoms with Crippen molar-refractivity contribution < 1.29 is 9.90 Å². The average Bonchev–Trinajstić information content (AvgIpc) is 2.47. The Morgan fingerprint density at radius 1 is 1.71 bits per heavy atom. The molecule has 0 aliphatic heterocycles. The summed E-state index contributed by atoms with van der Waals surface area (Å²) >= 11 is 5.84. The molecule has 0 saturated heterocycles. The van der Waals surface area contributed by atoms with Crippen LogP contribution in [-0.2, 0) is 17.6 Å². The minimum absolute atomic E-state index is 0.384. The van der Waals surface area contributed by atoms with Gasteiger partial charge in [0.25, 0.3) is 0 Å². The van der Waals surface area contributed by atoms with Crippen LogP contribution in [0.3, 0.4) is 0 Å². The van der Waals surface area contributed by atoms with E-state index in [4.69, 9.17) is 16.7 Å². The Labute approximate surface area is 87.3 Å². The molecule has 1 heterocycles. The third kappa shape index (κ3) is 2.26. The molecule has 14 heavy (non-hydrogen) atoms. The van der Waals surface area contributed by atoms with Crippen LogP contribution >= 0.6 is 11.6 Å². The van der Waals surface area contributed by atoms with Crippen LogP contribution in [0.15, 0.2) is 0 Å². The lowest BCUT2D eigenvalue weighted by Gasteiger charge is -2.05. The normalized spacial score (nSPS) is 12.8. The second-order valence-electron chi connectivity index (χ2n) is 3.27. The van der Waals surface area contributed by atoms with Gasteiger partial charge in [-0.1, -0.05) is 25.4 Å². The molecule has 0 saturated carbocycles. The van der Waals surface area contributed by atoms with Gasteiger partial charge in [0, 0.05) is 11.3 Å². The van der Waals surface area contributed by atoms with E-state index in [0.29, 0.717) is 11.6 Å². The lowest BCUT2D eigenvalue weighted by atomic mass is 10.0. The molecule has 0 aliphatic rings. The SMILES string of the molecule is CCc1[nH]nc(Cl)c1CC(C)C(=O)O. The van der Waals surface area contributed by atoms with Crippen LogP contribution in [0.2, 0.25) is 5.15 Å². The number of hydrogen-bond acceptors (Lipinski definition) is 2. The van der Waals surface area contributed by atoms with Crippen molar-refractivity contribution in [1.29, 1.82) is 0 Å². The first-order valence-electron chi connectivity index (χ1n) is 4.50. The van der Waals surface area contributed by atoms with E-state index >= 15 is 0 Å². The highest BCUT2D eigenvalue weighted by molar-refractivity contribution is 6.30. The number of halogens is 1. The molecule has 1 unspecified atom stereocenters. The number of aliphatic carboxylic acids is 1. The van der Waals surface area contributed by atoms with E-state index in [2.05, 4.69) is 10.2 Å². The molecule has 0 spiro atoms. The number of nitrogens with one attached hydrogen (secondary N) is 1. The maximum atomic E-state index is 10.7. The maximum Gasteiger partial charge on any atom is 0.306 e. The van der Waals surface area contributed by atoms with Gasteiger partial charge in [0.05, 0.1) is 5.92 Å². The van der Waals surface area contributed by atoms with E-state index in [1.54, 1.807) is 6.92 Å². The molecule has 1 atom stereocenters. The molecule has 0 radical (unpaired) electrons. The smallest absolute Gasteiger partial charge is 0.306 e. The van der Waals surface area contributed by atoms with Gasteiger partial charge in [0.2, 0.25) is 0 Å². The third-order valence-electron chi connectivity index (χ3n) is 2.19. The first kappa shape index (κ1) is 11.0. The fraction of sp³-hybridized carbons (Fsp3) is 0.556. The molecule has 5 heteroatoms. The van der Waals surface area contributed by atoms with E-state index in [1.807, 2.05) is 6.92 Å². The fourth-order valence-corrected chi connectivity index (χ4v) is 1.50. The number of nitrogens with zero attached hydrogens (tertiary/aromatic N) is 1. The summed E-state index contributed by atoms with van der Waals surface area (Å²) in [5, 5.41) is 15.8. The number of carboxylic acid groups (broad SMARTS) is 1. The van der Waals surface area contributed by atoms with Crippen molar-refractivity contribution in [3.05, 3.63) is 16.4 Å². The molecule has 4 nitrogen and oxygen atoms in total. The van der Waals surface area contributed by atoms with E-state index in [0.717, 1.165) is 17.7 Å².